The van der Waals surface area contributed by atoms with Gasteiger partial charge < -0.3 is 9.84 Å². The fraction of sp³-hybridized carbons (Fsp3) is 0.889. The van der Waals surface area contributed by atoms with Crippen LogP contribution < -0.4 is 0 Å². The van der Waals surface area contributed by atoms with Crippen LogP contribution in [0.1, 0.15) is 90.9 Å². The summed E-state index contributed by atoms with van der Waals surface area (Å²) in [5.41, 5.74) is 0. The van der Waals surface area contributed by atoms with Gasteiger partial charge in [-0.2, -0.15) is 8.42 Å². The lowest BCUT2D eigenvalue weighted by atomic mass is 9.96. The van der Waals surface area contributed by atoms with Gasteiger partial charge in [0.1, 0.15) is 0 Å². The molecule has 0 aromatic heterocycles. The van der Waals surface area contributed by atoms with Crippen molar-refractivity contribution in [2.45, 2.75) is 95.6 Å². The van der Waals surface area contributed by atoms with Crippen molar-refractivity contribution in [3.05, 3.63) is 0 Å². The quantitative estimate of drug-likeness (QED) is 0.231. The van der Waals surface area contributed by atoms with Crippen LogP contribution in [-0.2, 0) is 24.4 Å². The van der Waals surface area contributed by atoms with Gasteiger partial charge in [-0.15, -0.1) is 0 Å². The predicted octanol–water partition coefficient (Wildman–Crippen LogP) is 3.96. The van der Waals surface area contributed by atoms with Crippen LogP contribution in [0.25, 0.3) is 0 Å². The van der Waals surface area contributed by atoms with Crippen molar-refractivity contribution in [2.24, 2.45) is 0 Å². The molecule has 1 atom stereocenters. The second kappa shape index (κ2) is 13.1. The molecular weight excluding hydrogens is 360 g/mol. The molecule has 0 aliphatic rings. The molecular formula is C18H34O7S. The van der Waals surface area contributed by atoms with Crippen LogP contribution in [0.5, 0.6) is 0 Å². The van der Waals surface area contributed by atoms with Crippen molar-refractivity contribution >= 4 is 22.1 Å². The zero-order valence-electron chi connectivity index (χ0n) is 16.0. The Balaban J connectivity index is 4.52. The van der Waals surface area contributed by atoms with Crippen molar-refractivity contribution in [2.75, 3.05) is 6.61 Å². The molecule has 0 bridgehead atoms. The molecule has 0 amide bonds. The van der Waals surface area contributed by atoms with Crippen LogP contribution in [0.3, 0.4) is 0 Å². The third-order valence-electron chi connectivity index (χ3n) is 4.51. The standard InChI is InChI=1S/C18H34O7S/c1-3-5-6-7-8-9-10-11-12-13-14-18(15-16(19)20,26(22,23)24)17(21)25-4-2/h3-15H2,1-2H3,(H,19,20)(H,22,23,24). The summed E-state index contributed by atoms with van der Waals surface area (Å²) in [4.78, 5) is 23.2. The molecule has 0 aromatic carbocycles. The molecule has 7 nitrogen and oxygen atoms in total. The molecule has 26 heavy (non-hydrogen) atoms. The SMILES string of the molecule is CCCCCCCCCCCCC(CC(=O)O)(C(=O)OCC)S(=O)(=O)O. The highest BCUT2D eigenvalue weighted by molar-refractivity contribution is 7.88. The van der Waals surface area contributed by atoms with E-state index in [-0.39, 0.29) is 13.0 Å². The number of rotatable bonds is 16. The number of ether oxygens (including phenoxy) is 1. The predicted molar refractivity (Wildman–Crippen MR) is 99.6 cm³/mol. The van der Waals surface area contributed by atoms with Gasteiger partial charge >= 0.3 is 11.9 Å². The highest BCUT2D eigenvalue weighted by atomic mass is 32.2. The fourth-order valence-corrected chi connectivity index (χ4v) is 3.97. The summed E-state index contributed by atoms with van der Waals surface area (Å²) in [5, 5.41) is 9.01. The minimum Gasteiger partial charge on any atom is -0.481 e. The Kier molecular flexibility index (Phi) is 12.5. The fourth-order valence-electron chi connectivity index (χ4n) is 2.99. The Hall–Kier alpha value is -1.15. The summed E-state index contributed by atoms with van der Waals surface area (Å²) in [5.74, 6) is -2.66. The lowest BCUT2D eigenvalue weighted by Gasteiger charge is -2.26. The zero-order chi connectivity index (χ0) is 20.1. The van der Waals surface area contributed by atoms with Gasteiger partial charge in [0.2, 0.25) is 4.75 Å². The summed E-state index contributed by atoms with van der Waals surface area (Å²) in [6.45, 7) is 3.58. The number of carboxylic acids is 1. The summed E-state index contributed by atoms with van der Waals surface area (Å²) in [7, 11) is -4.91. The van der Waals surface area contributed by atoms with Gasteiger partial charge in [-0.05, 0) is 13.3 Å². The number of carboxylic acid groups (broad SMARTS) is 1. The third-order valence-corrected chi connectivity index (χ3v) is 6.01. The highest BCUT2D eigenvalue weighted by Gasteiger charge is 2.52. The minimum atomic E-state index is -4.91. The smallest absolute Gasteiger partial charge is 0.330 e. The Morgan fingerprint density at radius 1 is 0.885 bits per heavy atom. The molecule has 0 saturated carbocycles. The summed E-state index contributed by atoms with van der Waals surface area (Å²) in [6.07, 6.45) is 8.89. The molecule has 1 unspecified atom stereocenters. The number of esters is 1. The summed E-state index contributed by atoms with van der Waals surface area (Å²) < 4.78 is 35.4. The second-order valence-electron chi connectivity index (χ2n) is 6.69. The van der Waals surface area contributed by atoms with E-state index < -0.39 is 33.2 Å². The van der Waals surface area contributed by atoms with E-state index in [0.29, 0.717) is 12.8 Å². The first-order valence-corrected chi connectivity index (χ1v) is 11.0. The van der Waals surface area contributed by atoms with E-state index in [2.05, 4.69) is 6.92 Å². The van der Waals surface area contributed by atoms with E-state index in [9.17, 15) is 22.6 Å². The average molecular weight is 395 g/mol. The molecule has 2 N–H and O–H groups in total. The van der Waals surface area contributed by atoms with Crippen LogP contribution in [0.4, 0.5) is 0 Å². The minimum absolute atomic E-state index is 0.0895. The zero-order valence-corrected chi connectivity index (χ0v) is 16.9. The lowest BCUT2D eigenvalue weighted by molar-refractivity contribution is -0.151. The van der Waals surface area contributed by atoms with Crippen molar-refractivity contribution in [1.29, 1.82) is 0 Å². The Morgan fingerprint density at radius 2 is 1.35 bits per heavy atom. The molecule has 0 radical (unpaired) electrons. The largest absolute Gasteiger partial charge is 0.481 e. The maximum absolute atomic E-state index is 12.1. The van der Waals surface area contributed by atoms with Gasteiger partial charge in [0.15, 0.2) is 0 Å². The van der Waals surface area contributed by atoms with Crippen LogP contribution >= 0.6 is 0 Å². The van der Waals surface area contributed by atoms with Crippen molar-refractivity contribution in [1.82, 2.24) is 0 Å². The molecule has 0 rings (SSSR count). The normalized spacial score (nSPS) is 14.0. The molecule has 154 valence electrons. The van der Waals surface area contributed by atoms with Gasteiger partial charge in [0.05, 0.1) is 13.0 Å². The Bertz CT molecular complexity index is 516. The van der Waals surface area contributed by atoms with Crippen molar-refractivity contribution in [3.8, 4) is 0 Å². The van der Waals surface area contributed by atoms with E-state index in [1.165, 1.54) is 39.0 Å². The van der Waals surface area contributed by atoms with E-state index in [0.717, 1.165) is 19.3 Å². The van der Waals surface area contributed by atoms with E-state index in [1.807, 2.05) is 0 Å². The highest BCUT2D eigenvalue weighted by Crippen LogP contribution is 2.30. The van der Waals surface area contributed by atoms with Crippen LogP contribution in [0.2, 0.25) is 0 Å². The van der Waals surface area contributed by atoms with E-state index in [4.69, 9.17) is 9.84 Å². The van der Waals surface area contributed by atoms with Crippen LogP contribution in [0, 0.1) is 0 Å². The summed E-state index contributed by atoms with van der Waals surface area (Å²) >= 11 is 0. The number of hydrogen-bond acceptors (Lipinski definition) is 5. The molecule has 0 heterocycles. The van der Waals surface area contributed by atoms with Crippen LogP contribution in [-0.4, -0.2) is 41.4 Å². The second-order valence-corrected chi connectivity index (χ2v) is 8.42. The molecule has 0 saturated heterocycles. The van der Waals surface area contributed by atoms with Gasteiger partial charge in [0.25, 0.3) is 10.1 Å². The van der Waals surface area contributed by atoms with Gasteiger partial charge in [-0.3, -0.25) is 14.1 Å². The maximum atomic E-state index is 12.1. The molecule has 0 aromatic rings. The average Bonchev–Trinajstić information content (AvgIpc) is 2.54. The molecule has 0 aliphatic heterocycles. The first-order valence-electron chi connectivity index (χ1n) is 9.57. The van der Waals surface area contributed by atoms with Crippen molar-refractivity contribution in [3.63, 3.8) is 0 Å². The Morgan fingerprint density at radius 3 is 1.73 bits per heavy atom. The monoisotopic (exact) mass is 394 g/mol. The number of carbonyl (C=O) groups excluding carboxylic acids is 1. The third kappa shape index (κ3) is 8.98. The van der Waals surface area contributed by atoms with E-state index >= 15 is 0 Å². The van der Waals surface area contributed by atoms with Gasteiger partial charge in [-0.25, -0.2) is 0 Å². The number of carbonyl (C=O) groups is 2. The molecule has 0 fully saturated rings. The molecule has 0 aliphatic carbocycles. The van der Waals surface area contributed by atoms with Crippen molar-refractivity contribution < 1.29 is 32.4 Å². The topological polar surface area (TPSA) is 118 Å². The Labute approximate surface area is 157 Å². The van der Waals surface area contributed by atoms with Crippen LogP contribution in [0.15, 0.2) is 0 Å². The number of unbranched alkanes of at least 4 members (excludes halogenated alkanes) is 9. The van der Waals surface area contributed by atoms with Gasteiger partial charge in [0, 0.05) is 0 Å². The number of hydrogen-bond donors (Lipinski definition) is 2. The first-order chi connectivity index (χ1) is 12.2. The number of aliphatic carboxylic acids is 1. The molecule has 8 heteroatoms. The van der Waals surface area contributed by atoms with E-state index in [1.54, 1.807) is 0 Å². The maximum Gasteiger partial charge on any atom is 0.330 e. The summed E-state index contributed by atoms with van der Waals surface area (Å²) in [6, 6.07) is 0. The lowest BCUT2D eigenvalue weighted by Crippen LogP contribution is -2.49. The first kappa shape index (κ1) is 24.8. The molecule has 0 spiro atoms. The van der Waals surface area contributed by atoms with Gasteiger partial charge in [-0.1, -0.05) is 71.1 Å².